The number of benzene rings is 2. The van der Waals surface area contributed by atoms with Gasteiger partial charge in [-0.25, -0.2) is 4.79 Å². The highest BCUT2D eigenvalue weighted by molar-refractivity contribution is 6.30. The van der Waals surface area contributed by atoms with E-state index in [4.69, 9.17) is 11.6 Å². The number of amides is 4. The van der Waals surface area contributed by atoms with Gasteiger partial charge in [-0.3, -0.25) is 14.5 Å². The maximum Gasteiger partial charge on any atom is 0.325 e. The first-order valence-electron chi connectivity index (χ1n) is 10.5. The van der Waals surface area contributed by atoms with E-state index in [9.17, 15) is 14.4 Å². The van der Waals surface area contributed by atoms with E-state index < -0.39 is 17.5 Å². The molecule has 6 nitrogen and oxygen atoms in total. The first-order valence-corrected chi connectivity index (χ1v) is 10.9. The normalized spacial score (nSPS) is 19.5. The van der Waals surface area contributed by atoms with Crippen LogP contribution >= 0.6 is 11.6 Å². The molecule has 1 aliphatic heterocycles. The molecule has 2 aromatic carbocycles. The molecule has 0 bridgehead atoms. The Balaban J connectivity index is 1.76. The fraction of sp³-hybridized carbons (Fsp3) is 0.375. The van der Waals surface area contributed by atoms with Gasteiger partial charge in [-0.2, -0.15) is 0 Å². The Morgan fingerprint density at radius 1 is 1.10 bits per heavy atom. The lowest BCUT2D eigenvalue weighted by Crippen LogP contribution is -2.45. The van der Waals surface area contributed by atoms with E-state index in [1.165, 1.54) is 0 Å². The van der Waals surface area contributed by atoms with E-state index in [1.807, 2.05) is 37.3 Å². The maximum atomic E-state index is 13.3. The number of halogens is 1. The smallest absolute Gasteiger partial charge is 0.325 e. The van der Waals surface area contributed by atoms with Gasteiger partial charge in [0.25, 0.3) is 5.91 Å². The van der Waals surface area contributed by atoms with Crippen LogP contribution in [0.25, 0.3) is 0 Å². The standard InChI is InChI=1S/C24H28ClN3O3/c1-4-24(18-10-12-19(25)13-11-18)22(30)28(23(31)27-24)15-21(29)26-20(14-16(2)3)17-8-6-5-7-9-17/h5-13,16,20H,4,14-15H2,1-3H3,(H,26,29)(H,27,31). The predicted octanol–water partition coefficient (Wildman–Crippen LogP) is 4.40. The average molecular weight is 442 g/mol. The molecule has 0 radical (unpaired) electrons. The van der Waals surface area contributed by atoms with Gasteiger partial charge < -0.3 is 10.6 Å². The van der Waals surface area contributed by atoms with Gasteiger partial charge in [0.2, 0.25) is 5.91 Å². The van der Waals surface area contributed by atoms with Crippen molar-refractivity contribution in [1.29, 1.82) is 0 Å². The van der Waals surface area contributed by atoms with Crippen LogP contribution in [0.3, 0.4) is 0 Å². The summed E-state index contributed by atoms with van der Waals surface area (Å²) in [6, 6.07) is 15.7. The highest BCUT2D eigenvalue weighted by Crippen LogP contribution is 2.33. The van der Waals surface area contributed by atoms with E-state index in [0.717, 1.165) is 16.9 Å². The molecular formula is C24H28ClN3O3. The van der Waals surface area contributed by atoms with E-state index in [0.29, 0.717) is 22.9 Å². The van der Waals surface area contributed by atoms with Gasteiger partial charge in [0, 0.05) is 5.02 Å². The number of urea groups is 1. The van der Waals surface area contributed by atoms with Crippen LogP contribution in [0, 0.1) is 5.92 Å². The quantitative estimate of drug-likeness (QED) is 0.596. The van der Waals surface area contributed by atoms with Crippen molar-refractivity contribution in [3.8, 4) is 0 Å². The van der Waals surface area contributed by atoms with Gasteiger partial charge in [0.15, 0.2) is 0 Å². The zero-order valence-corrected chi connectivity index (χ0v) is 18.8. The molecule has 1 saturated heterocycles. The summed E-state index contributed by atoms with van der Waals surface area (Å²) in [7, 11) is 0. The number of nitrogens with zero attached hydrogens (tertiary/aromatic N) is 1. The number of hydrogen-bond donors (Lipinski definition) is 2. The largest absolute Gasteiger partial charge is 0.348 e. The molecule has 2 N–H and O–H groups in total. The molecular weight excluding hydrogens is 414 g/mol. The lowest BCUT2D eigenvalue weighted by molar-refractivity contribution is -0.135. The van der Waals surface area contributed by atoms with Crippen molar-refractivity contribution in [2.24, 2.45) is 5.92 Å². The Morgan fingerprint density at radius 2 is 1.74 bits per heavy atom. The Bertz CT molecular complexity index is 946. The van der Waals surface area contributed by atoms with Gasteiger partial charge in [-0.1, -0.05) is 74.8 Å². The molecule has 7 heteroatoms. The van der Waals surface area contributed by atoms with Gasteiger partial charge in [0.1, 0.15) is 12.1 Å². The summed E-state index contributed by atoms with van der Waals surface area (Å²) in [5, 5.41) is 6.33. The number of carbonyl (C=O) groups is 3. The highest BCUT2D eigenvalue weighted by atomic mass is 35.5. The van der Waals surface area contributed by atoms with E-state index in [-0.39, 0.29) is 18.5 Å². The fourth-order valence-electron chi connectivity index (χ4n) is 3.96. The number of imide groups is 1. The molecule has 4 amide bonds. The topological polar surface area (TPSA) is 78.5 Å². The first kappa shape index (κ1) is 22.8. The van der Waals surface area contributed by atoms with Crippen molar-refractivity contribution in [2.45, 2.75) is 45.2 Å². The minimum absolute atomic E-state index is 0.193. The van der Waals surface area contributed by atoms with Gasteiger partial charge in [-0.05, 0) is 42.0 Å². The van der Waals surface area contributed by atoms with Crippen LogP contribution in [0.15, 0.2) is 54.6 Å². The SMILES string of the molecule is CCC1(c2ccc(Cl)cc2)NC(=O)N(CC(=O)NC(CC(C)C)c2ccccc2)C1=O. The van der Waals surface area contributed by atoms with Crippen LogP contribution in [0.5, 0.6) is 0 Å². The van der Waals surface area contributed by atoms with Crippen molar-refractivity contribution in [3.63, 3.8) is 0 Å². The summed E-state index contributed by atoms with van der Waals surface area (Å²) in [5.74, 6) is -0.446. The zero-order valence-electron chi connectivity index (χ0n) is 18.0. The van der Waals surface area contributed by atoms with Crippen molar-refractivity contribution in [3.05, 3.63) is 70.7 Å². The monoisotopic (exact) mass is 441 g/mol. The second-order valence-corrected chi connectivity index (χ2v) is 8.68. The zero-order chi connectivity index (χ0) is 22.6. The summed E-state index contributed by atoms with van der Waals surface area (Å²) in [5.41, 5.74) is 0.437. The van der Waals surface area contributed by atoms with Gasteiger partial charge >= 0.3 is 6.03 Å². The number of carbonyl (C=O) groups excluding carboxylic acids is 3. The summed E-state index contributed by atoms with van der Waals surface area (Å²) in [6.07, 6.45) is 1.11. The van der Waals surface area contributed by atoms with Gasteiger partial charge in [0.05, 0.1) is 6.04 Å². The van der Waals surface area contributed by atoms with Crippen molar-refractivity contribution in [2.75, 3.05) is 6.54 Å². The van der Waals surface area contributed by atoms with E-state index in [2.05, 4.69) is 24.5 Å². The predicted molar refractivity (Wildman–Crippen MR) is 120 cm³/mol. The highest BCUT2D eigenvalue weighted by Gasteiger charge is 2.51. The summed E-state index contributed by atoms with van der Waals surface area (Å²) >= 11 is 5.97. The maximum absolute atomic E-state index is 13.3. The summed E-state index contributed by atoms with van der Waals surface area (Å²) < 4.78 is 0. The lowest BCUT2D eigenvalue weighted by atomic mass is 9.87. The second-order valence-electron chi connectivity index (χ2n) is 8.25. The fourth-order valence-corrected chi connectivity index (χ4v) is 4.09. The molecule has 1 heterocycles. The summed E-state index contributed by atoms with van der Waals surface area (Å²) in [6.45, 7) is 5.66. The number of hydrogen-bond acceptors (Lipinski definition) is 3. The molecule has 0 spiro atoms. The Hall–Kier alpha value is -2.86. The summed E-state index contributed by atoms with van der Waals surface area (Å²) in [4.78, 5) is 39.7. The van der Waals surface area contributed by atoms with E-state index in [1.54, 1.807) is 24.3 Å². The Labute approximate surface area is 188 Å². The molecule has 31 heavy (non-hydrogen) atoms. The molecule has 1 aliphatic rings. The van der Waals surface area contributed by atoms with Crippen LogP contribution in [-0.4, -0.2) is 29.3 Å². The lowest BCUT2D eigenvalue weighted by Gasteiger charge is -2.26. The van der Waals surface area contributed by atoms with Crippen LogP contribution in [0.1, 0.15) is 50.8 Å². The van der Waals surface area contributed by atoms with Crippen LogP contribution in [0.2, 0.25) is 5.02 Å². The molecule has 1 fully saturated rings. The molecule has 0 saturated carbocycles. The third-order valence-electron chi connectivity index (χ3n) is 5.59. The molecule has 164 valence electrons. The third kappa shape index (κ3) is 4.90. The van der Waals surface area contributed by atoms with Crippen molar-refractivity contribution in [1.82, 2.24) is 15.5 Å². The minimum Gasteiger partial charge on any atom is -0.348 e. The van der Waals surface area contributed by atoms with Crippen molar-refractivity contribution < 1.29 is 14.4 Å². The third-order valence-corrected chi connectivity index (χ3v) is 5.84. The van der Waals surface area contributed by atoms with Crippen molar-refractivity contribution >= 4 is 29.4 Å². The van der Waals surface area contributed by atoms with Gasteiger partial charge in [-0.15, -0.1) is 0 Å². The molecule has 3 rings (SSSR count). The molecule has 0 aromatic heterocycles. The molecule has 2 unspecified atom stereocenters. The van der Waals surface area contributed by atoms with E-state index >= 15 is 0 Å². The molecule has 0 aliphatic carbocycles. The molecule has 2 atom stereocenters. The number of rotatable bonds is 8. The molecule has 2 aromatic rings. The van der Waals surface area contributed by atoms with Crippen LogP contribution < -0.4 is 10.6 Å². The second kappa shape index (κ2) is 9.52. The average Bonchev–Trinajstić information content (AvgIpc) is 2.99. The Morgan fingerprint density at radius 3 is 2.32 bits per heavy atom. The van der Waals surface area contributed by atoms with Crippen LogP contribution in [-0.2, 0) is 15.1 Å². The Kier molecular flexibility index (Phi) is 7.01. The number of nitrogens with one attached hydrogen (secondary N) is 2. The van der Waals surface area contributed by atoms with Crippen LogP contribution in [0.4, 0.5) is 4.79 Å². The first-order chi connectivity index (χ1) is 14.8. The minimum atomic E-state index is -1.20.